The molecule has 0 atom stereocenters. The molecule has 1 aliphatic rings. The zero-order valence-electron chi connectivity index (χ0n) is 17.6. The van der Waals surface area contributed by atoms with Gasteiger partial charge in [0.25, 0.3) is 5.91 Å². The Hall–Kier alpha value is -3.45. The average molecular weight is 418 g/mol. The van der Waals surface area contributed by atoms with Crippen molar-refractivity contribution < 1.29 is 14.3 Å². The highest BCUT2D eigenvalue weighted by Gasteiger charge is 2.14. The highest BCUT2D eigenvalue weighted by molar-refractivity contribution is 5.94. The normalized spacial score (nSPS) is 13.6. The van der Waals surface area contributed by atoms with E-state index in [0.29, 0.717) is 43.6 Å². The Morgan fingerprint density at radius 3 is 2.48 bits per heavy atom. The number of carbonyl (C=O) groups is 1. The molecule has 4 rings (SSSR count). The van der Waals surface area contributed by atoms with Crippen LogP contribution in [0.4, 0.5) is 5.82 Å². The van der Waals surface area contributed by atoms with Crippen molar-refractivity contribution in [3.63, 3.8) is 0 Å². The minimum absolute atomic E-state index is 0.129. The lowest BCUT2D eigenvalue weighted by Crippen LogP contribution is -2.37. The molecule has 160 valence electrons. The number of ether oxygens (including phenoxy) is 2. The second-order valence-corrected chi connectivity index (χ2v) is 7.26. The van der Waals surface area contributed by atoms with Gasteiger partial charge in [-0.2, -0.15) is 4.98 Å². The van der Waals surface area contributed by atoms with E-state index in [1.165, 1.54) is 0 Å². The molecule has 7 nitrogen and oxygen atoms in total. The number of rotatable bonds is 7. The van der Waals surface area contributed by atoms with Crippen LogP contribution in [-0.2, 0) is 4.74 Å². The van der Waals surface area contributed by atoms with Gasteiger partial charge < -0.3 is 19.7 Å². The molecular weight excluding hydrogens is 392 g/mol. The van der Waals surface area contributed by atoms with Crippen molar-refractivity contribution in [1.82, 2.24) is 15.3 Å². The van der Waals surface area contributed by atoms with Crippen molar-refractivity contribution in [2.75, 3.05) is 44.4 Å². The Bertz CT molecular complexity index is 1000. The predicted octanol–water partition coefficient (Wildman–Crippen LogP) is 3.10. The SMILES string of the molecule is Cc1nc(OCCNC(=O)c2ccc(-c3ccccc3)cc2)cc(N2CCOCC2)n1. The summed E-state index contributed by atoms with van der Waals surface area (Å²) in [6, 6.07) is 19.5. The maximum Gasteiger partial charge on any atom is 0.251 e. The number of aryl methyl sites for hydroxylation is 1. The van der Waals surface area contributed by atoms with Crippen LogP contribution in [0.3, 0.4) is 0 Å². The summed E-state index contributed by atoms with van der Waals surface area (Å²) < 4.78 is 11.2. The zero-order chi connectivity index (χ0) is 21.5. The van der Waals surface area contributed by atoms with Crippen molar-refractivity contribution in [1.29, 1.82) is 0 Å². The molecule has 0 unspecified atom stereocenters. The first kappa shape index (κ1) is 20.8. The van der Waals surface area contributed by atoms with E-state index in [9.17, 15) is 4.79 Å². The molecule has 0 aliphatic carbocycles. The third-order valence-corrected chi connectivity index (χ3v) is 5.03. The molecule has 1 amide bonds. The number of aromatic nitrogens is 2. The Kier molecular flexibility index (Phi) is 6.74. The summed E-state index contributed by atoms with van der Waals surface area (Å²) in [4.78, 5) is 23.4. The molecule has 3 aromatic rings. The summed E-state index contributed by atoms with van der Waals surface area (Å²) in [5, 5.41) is 2.89. The number of amides is 1. The largest absolute Gasteiger partial charge is 0.476 e. The lowest BCUT2D eigenvalue weighted by molar-refractivity contribution is 0.0946. The molecule has 31 heavy (non-hydrogen) atoms. The number of benzene rings is 2. The van der Waals surface area contributed by atoms with Crippen LogP contribution in [0.5, 0.6) is 5.88 Å². The second-order valence-electron chi connectivity index (χ2n) is 7.26. The Labute approximate surface area is 182 Å². The molecule has 0 bridgehead atoms. The first-order valence-electron chi connectivity index (χ1n) is 10.4. The van der Waals surface area contributed by atoms with E-state index in [4.69, 9.17) is 9.47 Å². The third kappa shape index (κ3) is 5.58. The van der Waals surface area contributed by atoms with E-state index >= 15 is 0 Å². The minimum atomic E-state index is -0.129. The van der Waals surface area contributed by atoms with Crippen LogP contribution in [0.1, 0.15) is 16.2 Å². The topological polar surface area (TPSA) is 76.6 Å². The van der Waals surface area contributed by atoms with Crippen molar-refractivity contribution >= 4 is 11.7 Å². The molecule has 1 saturated heterocycles. The molecule has 1 N–H and O–H groups in total. The quantitative estimate of drug-likeness (QED) is 0.594. The number of anilines is 1. The Morgan fingerprint density at radius 1 is 1.03 bits per heavy atom. The van der Waals surface area contributed by atoms with E-state index in [1.54, 1.807) is 0 Å². The van der Waals surface area contributed by atoms with Crippen molar-refractivity contribution in [3.8, 4) is 17.0 Å². The fraction of sp³-hybridized carbons (Fsp3) is 0.292. The van der Waals surface area contributed by atoms with Gasteiger partial charge in [0.2, 0.25) is 5.88 Å². The van der Waals surface area contributed by atoms with E-state index in [-0.39, 0.29) is 5.91 Å². The lowest BCUT2D eigenvalue weighted by atomic mass is 10.0. The second kappa shape index (κ2) is 10.0. The maximum atomic E-state index is 12.4. The van der Waals surface area contributed by atoms with Gasteiger partial charge in [-0.25, -0.2) is 4.98 Å². The molecule has 0 spiro atoms. The number of morpholine rings is 1. The average Bonchev–Trinajstić information content (AvgIpc) is 2.82. The first-order valence-corrected chi connectivity index (χ1v) is 10.4. The van der Waals surface area contributed by atoms with Crippen LogP contribution in [0.25, 0.3) is 11.1 Å². The summed E-state index contributed by atoms with van der Waals surface area (Å²) in [7, 11) is 0. The number of hydrogen-bond acceptors (Lipinski definition) is 6. The van der Waals surface area contributed by atoms with Crippen molar-refractivity contribution in [2.24, 2.45) is 0 Å². The molecule has 2 heterocycles. The fourth-order valence-corrected chi connectivity index (χ4v) is 3.42. The highest BCUT2D eigenvalue weighted by Crippen LogP contribution is 2.20. The minimum Gasteiger partial charge on any atom is -0.476 e. The van der Waals surface area contributed by atoms with Crippen LogP contribution in [0.2, 0.25) is 0 Å². The number of nitrogens with one attached hydrogen (secondary N) is 1. The summed E-state index contributed by atoms with van der Waals surface area (Å²) in [6.45, 7) is 5.54. The van der Waals surface area contributed by atoms with Gasteiger partial charge in [-0.3, -0.25) is 4.79 Å². The standard InChI is InChI=1S/C24H26N4O3/c1-18-26-22(28-12-15-30-16-13-28)17-23(27-18)31-14-11-25-24(29)21-9-7-20(8-10-21)19-5-3-2-4-6-19/h2-10,17H,11-16H2,1H3,(H,25,29). The van der Waals surface area contributed by atoms with Gasteiger partial charge in [0.15, 0.2) is 0 Å². The number of nitrogens with zero attached hydrogens (tertiary/aromatic N) is 3. The summed E-state index contributed by atoms with van der Waals surface area (Å²) in [5.74, 6) is 1.88. The number of hydrogen-bond donors (Lipinski definition) is 1. The van der Waals surface area contributed by atoms with Crippen LogP contribution < -0.4 is 15.0 Å². The van der Waals surface area contributed by atoms with E-state index < -0.39 is 0 Å². The fourth-order valence-electron chi connectivity index (χ4n) is 3.42. The van der Waals surface area contributed by atoms with Crippen molar-refractivity contribution in [3.05, 3.63) is 72.1 Å². The summed E-state index contributed by atoms with van der Waals surface area (Å²) >= 11 is 0. The van der Waals surface area contributed by atoms with E-state index in [2.05, 4.69) is 20.2 Å². The summed E-state index contributed by atoms with van der Waals surface area (Å²) in [6.07, 6.45) is 0. The van der Waals surface area contributed by atoms with Gasteiger partial charge in [-0.1, -0.05) is 42.5 Å². The smallest absolute Gasteiger partial charge is 0.251 e. The van der Waals surface area contributed by atoms with Gasteiger partial charge >= 0.3 is 0 Å². The van der Waals surface area contributed by atoms with Crippen LogP contribution in [0, 0.1) is 6.92 Å². The van der Waals surface area contributed by atoms with Crippen LogP contribution >= 0.6 is 0 Å². The molecule has 1 aliphatic heterocycles. The van der Waals surface area contributed by atoms with E-state index in [0.717, 1.165) is 30.0 Å². The highest BCUT2D eigenvalue weighted by atomic mass is 16.5. The van der Waals surface area contributed by atoms with Gasteiger partial charge in [0.05, 0.1) is 19.8 Å². The Balaban J connectivity index is 1.28. The first-order chi connectivity index (χ1) is 15.2. The molecule has 7 heteroatoms. The lowest BCUT2D eigenvalue weighted by Gasteiger charge is -2.28. The molecule has 0 radical (unpaired) electrons. The Morgan fingerprint density at radius 2 is 1.74 bits per heavy atom. The van der Waals surface area contributed by atoms with E-state index in [1.807, 2.05) is 67.6 Å². The van der Waals surface area contributed by atoms with Crippen LogP contribution in [-0.4, -0.2) is 55.3 Å². The number of carbonyl (C=O) groups excluding carboxylic acids is 1. The molecular formula is C24H26N4O3. The van der Waals surface area contributed by atoms with Crippen molar-refractivity contribution in [2.45, 2.75) is 6.92 Å². The molecule has 2 aromatic carbocycles. The monoisotopic (exact) mass is 418 g/mol. The predicted molar refractivity (Wildman–Crippen MR) is 120 cm³/mol. The van der Waals surface area contributed by atoms with Gasteiger partial charge in [-0.05, 0) is 30.2 Å². The zero-order valence-corrected chi connectivity index (χ0v) is 17.6. The third-order valence-electron chi connectivity index (χ3n) is 5.03. The van der Waals surface area contributed by atoms with Gasteiger partial charge in [0, 0.05) is 24.7 Å². The molecule has 0 saturated carbocycles. The van der Waals surface area contributed by atoms with Crippen LogP contribution in [0.15, 0.2) is 60.7 Å². The summed E-state index contributed by atoms with van der Waals surface area (Å²) in [5.41, 5.74) is 2.82. The van der Waals surface area contributed by atoms with Gasteiger partial charge in [0.1, 0.15) is 18.2 Å². The maximum absolute atomic E-state index is 12.4. The molecule has 1 aromatic heterocycles. The molecule has 1 fully saturated rings. The van der Waals surface area contributed by atoms with Gasteiger partial charge in [-0.15, -0.1) is 0 Å².